The van der Waals surface area contributed by atoms with Gasteiger partial charge in [0.15, 0.2) is 0 Å². The predicted octanol–water partition coefficient (Wildman–Crippen LogP) is 2.41. The number of hydrogen-bond donors (Lipinski definition) is 0. The molecule has 27 heavy (non-hydrogen) atoms. The Labute approximate surface area is 161 Å². The Bertz CT molecular complexity index is 807. The van der Waals surface area contributed by atoms with E-state index in [2.05, 4.69) is 51.2 Å². The molecule has 5 nitrogen and oxygen atoms in total. The Kier molecular flexibility index (Phi) is 5.12. The van der Waals surface area contributed by atoms with Crippen LogP contribution in [0.1, 0.15) is 22.5 Å². The molecule has 2 aliphatic heterocycles. The molecule has 4 rings (SSSR count). The van der Waals surface area contributed by atoms with E-state index in [1.165, 1.54) is 16.8 Å². The number of piperazine rings is 1. The van der Waals surface area contributed by atoms with Crippen LogP contribution in [0.2, 0.25) is 0 Å². The number of carbonyl (C=O) groups is 1. The van der Waals surface area contributed by atoms with Gasteiger partial charge < -0.3 is 9.80 Å². The molecule has 142 valence electrons. The lowest BCUT2D eigenvalue weighted by molar-refractivity contribution is -0.132. The lowest BCUT2D eigenvalue weighted by Gasteiger charge is -2.37. The molecule has 0 aliphatic carbocycles. The fraction of sp³-hybridized carbons (Fsp3) is 0.455. The average molecular weight is 364 g/mol. The monoisotopic (exact) mass is 364 g/mol. The van der Waals surface area contributed by atoms with Crippen molar-refractivity contribution in [3.63, 3.8) is 0 Å². The van der Waals surface area contributed by atoms with Gasteiger partial charge in [0.1, 0.15) is 0 Å². The minimum absolute atomic E-state index is 0.260. The molecule has 0 unspecified atom stereocenters. The number of pyridine rings is 1. The predicted molar refractivity (Wildman–Crippen MR) is 108 cm³/mol. The maximum absolute atomic E-state index is 12.8. The molecule has 2 aromatic rings. The van der Waals surface area contributed by atoms with E-state index < -0.39 is 0 Å². The van der Waals surface area contributed by atoms with Crippen LogP contribution in [-0.4, -0.2) is 60.0 Å². The lowest BCUT2D eigenvalue weighted by Crippen LogP contribution is -2.51. The van der Waals surface area contributed by atoms with Gasteiger partial charge in [-0.3, -0.25) is 14.7 Å². The molecule has 1 aromatic carbocycles. The average Bonchev–Trinajstić information content (AvgIpc) is 2.67. The molecule has 0 atom stereocenters. The van der Waals surface area contributed by atoms with Crippen LogP contribution in [0, 0.1) is 13.8 Å². The number of hydrogen-bond acceptors (Lipinski definition) is 4. The van der Waals surface area contributed by atoms with E-state index in [4.69, 9.17) is 0 Å². The summed E-state index contributed by atoms with van der Waals surface area (Å²) in [4.78, 5) is 23.9. The van der Waals surface area contributed by atoms with E-state index in [9.17, 15) is 4.79 Å². The number of fused-ring (bicyclic) bond motifs is 1. The van der Waals surface area contributed by atoms with Crippen LogP contribution in [-0.2, 0) is 17.8 Å². The summed E-state index contributed by atoms with van der Waals surface area (Å²) in [6, 6.07) is 12.8. The van der Waals surface area contributed by atoms with Gasteiger partial charge in [0, 0.05) is 56.3 Å². The highest BCUT2D eigenvalue weighted by Crippen LogP contribution is 2.20. The molecule has 1 fully saturated rings. The smallest absolute Gasteiger partial charge is 0.236 e. The first-order chi connectivity index (χ1) is 13.1. The molecule has 3 heterocycles. The summed E-state index contributed by atoms with van der Waals surface area (Å²) < 4.78 is 0. The number of benzene rings is 1. The molecule has 0 spiro atoms. The molecular weight excluding hydrogens is 336 g/mol. The Morgan fingerprint density at radius 2 is 1.63 bits per heavy atom. The summed E-state index contributed by atoms with van der Waals surface area (Å²) in [6.45, 7) is 9.82. The van der Waals surface area contributed by atoms with Crippen molar-refractivity contribution >= 4 is 11.6 Å². The number of amides is 1. The summed E-state index contributed by atoms with van der Waals surface area (Å²) in [5.74, 6) is 0.260. The molecule has 0 N–H and O–H groups in total. The first-order valence-electron chi connectivity index (χ1n) is 9.85. The first-order valence-corrected chi connectivity index (χ1v) is 9.85. The number of aromatic nitrogens is 1. The fourth-order valence-corrected chi connectivity index (χ4v) is 4.19. The largest absolute Gasteiger partial charge is 0.368 e. The van der Waals surface area contributed by atoms with Gasteiger partial charge in [0.05, 0.1) is 6.54 Å². The van der Waals surface area contributed by atoms with Crippen LogP contribution in [0.5, 0.6) is 0 Å². The molecule has 1 aromatic heterocycles. The van der Waals surface area contributed by atoms with Crippen LogP contribution >= 0.6 is 0 Å². The van der Waals surface area contributed by atoms with E-state index in [1.54, 1.807) is 0 Å². The summed E-state index contributed by atoms with van der Waals surface area (Å²) in [5.41, 5.74) is 6.12. The molecule has 1 amide bonds. The second-order valence-corrected chi connectivity index (χ2v) is 7.71. The van der Waals surface area contributed by atoms with Crippen molar-refractivity contribution in [1.82, 2.24) is 14.8 Å². The second kappa shape index (κ2) is 7.69. The van der Waals surface area contributed by atoms with Crippen LogP contribution in [0.3, 0.4) is 0 Å². The number of anilines is 1. The standard InChI is InChI=1S/C22H28N4O/c1-17-13-21(14-18(2)23-17)25-9-11-26(12-10-25)22(27)16-24-8-7-19-5-3-4-6-20(19)15-24/h3-6,13-14H,7-12,15-16H2,1-2H3. The van der Waals surface area contributed by atoms with E-state index in [0.29, 0.717) is 6.54 Å². The summed E-state index contributed by atoms with van der Waals surface area (Å²) in [5, 5.41) is 0. The molecule has 0 bridgehead atoms. The molecule has 0 saturated carbocycles. The van der Waals surface area contributed by atoms with Crippen molar-refractivity contribution < 1.29 is 4.79 Å². The Balaban J connectivity index is 1.31. The van der Waals surface area contributed by atoms with Crippen molar-refractivity contribution in [3.05, 3.63) is 58.9 Å². The summed E-state index contributed by atoms with van der Waals surface area (Å²) in [6.07, 6.45) is 1.04. The van der Waals surface area contributed by atoms with Crippen LogP contribution in [0.4, 0.5) is 5.69 Å². The summed E-state index contributed by atoms with van der Waals surface area (Å²) >= 11 is 0. The maximum Gasteiger partial charge on any atom is 0.236 e. The number of rotatable bonds is 3. The van der Waals surface area contributed by atoms with Gasteiger partial charge in [-0.2, -0.15) is 0 Å². The summed E-state index contributed by atoms with van der Waals surface area (Å²) in [7, 11) is 0. The normalized spacial score (nSPS) is 17.7. The van der Waals surface area contributed by atoms with Gasteiger partial charge in [-0.25, -0.2) is 0 Å². The number of carbonyl (C=O) groups excluding carboxylic acids is 1. The number of nitrogens with zero attached hydrogens (tertiary/aromatic N) is 4. The van der Waals surface area contributed by atoms with Gasteiger partial charge >= 0.3 is 0 Å². The van der Waals surface area contributed by atoms with E-state index in [-0.39, 0.29) is 5.91 Å². The molecule has 1 saturated heterocycles. The molecular formula is C22H28N4O. The molecule has 2 aliphatic rings. The van der Waals surface area contributed by atoms with Gasteiger partial charge in [0.25, 0.3) is 0 Å². The third-order valence-corrected chi connectivity index (χ3v) is 5.63. The first kappa shape index (κ1) is 18.0. The zero-order chi connectivity index (χ0) is 18.8. The van der Waals surface area contributed by atoms with Crippen molar-refractivity contribution in [3.8, 4) is 0 Å². The van der Waals surface area contributed by atoms with Gasteiger partial charge in [0.2, 0.25) is 5.91 Å². The van der Waals surface area contributed by atoms with E-state index in [0.717, 1.165) is 57.1 Å². The third-order valence-electron chi connectivity index (χ3n) is 5.63. The van der Waals surface area contributed by atoms with Crippen LogP contribution in [0.25, 0.3) is 0 Å². The fourth-order valence-electron chi connectivity index (χ4n) is 4.19. The zero-order valence-electron chi connectivity index (χ0n) is 16.3. The SMILES string of the molecule is Cc1cc(N2CCN(C(=O)CN3CCc4ccccc4C3)CC2)cc(C)n1. The van der Waals surface area contributed by atoms with Gasteiger partial charge in [-0.15, -0.1) is 0 Å². The van der Waals surface area contributed by atoms with Crippen molar-refractivity contribution in [2.24, 2.45) is 0 Å². The molecule has 5 heteroatoms. The highest BCUT2D eigenvalue weighted by atomic mass is 16.2. The number of aryl methyl sites for hydroxylation is 2. The zero-order valence-corrected chi connectivity index (χ0v) is 16.3. The molecule has 0 radical (unpaired) electrons. The Morgan fingerprint density at radius 3 is 2.33 bits per heavy atom. The Morgan fingerprint density at radius 1 is 0.963 bits per heavy atom. The highest BCUT2D eigenvalue weighted by Gasteiger charge is 2.24. The highest BCUT2D eigenvalue weighted by molar-refractivity contribution is 5.78. The quantitative estimate of drug-likeness (QED) is 0.839. The van der Waals surface area contributed by atoms with Crippen LogP contribution in [0.15, 0.2) is 36.4 Å². The minimum atomic E-state index is 0.260. The topological polar surface area (TPSA) is 39.7 Å². The lowest BCUT2D eigenvalue weighted by atomic mass is 10.00. The van der Waals surface area contributed by atoms with E-state index >= 15 is 0 Å². The van der Waals surface area contributed by atoms with Crippen molar-refractivity contribution in [2.75, 3.05) is 44.2 Å². The van der Waals surface area contributed by atoms with Gasteiger partial charge in [-0.05, 0) is 43.5 Å². The minimum Gasteiger partial charge on any atom is -0.368 e. The van der Waals surface area contributed by atoms with Crippen molar-refractivity contribution in [1.29, 1.82) is 0 Å². The second-order valence-electron chi connectivity index (χ2n) is 7.71. The maximum atomic E-state index is 12.8. The van der Waals surface area contributed by atoms with Crippen LogP contribution < -0.4 is 4.90 Å². The third kappa shape index (κ3) is 4.14. The van der Waals surface area contributed by atoms with E-state index in [1.807, 2.05) is 18.7 Å². The van der Waals surface area contributed by atoms with Crippen molar-refractivity contribution in [2.45, 2.75) is 26.8 Å². The van der Waals surface area contributed by atoms with Gasteiger partial charge in [-0.1, -0.05) is 24.3 Å². The Hall–Kier alpha value is -2.40.